The van der Waals surface area contributed by atoms with Crippen LogP contribution in [0.2, 0.25) is 0 Å². The van der Waals surface area contributed by atoms with Gasteiger partial charge in [0.05, 0.1) is 11.9 Å². The zero-order chi connectivity index (χ0) is 11.7. The molecule has 1 aliphatic rings. The second-order valence-electron chi connectivity index (χ2n) is 3.51. The fraction of sp³-hybridized carbons (Fsp3) is 0.300. The maximum absolute atomic E-state index is 11.5. The van der Waals surface area contributed by atoms with Crippen molar-refractivity contribution in [2.75, 3.05) is 23.8 Å². The number of ether oxygens (including phenoxy) is 1. The van der Waals surface area contributed by atoms with Crippen molar-refractivity contribution < 1.29 is 14.3 Å². The average molecular weight is 221 g/mol. The summed E-state index contributed by atoms with van der Waals surface area (Å²) in [6, 6.07) is 1.61. The van der Waals surface area contributed by atoms with Gasteiger partial charge < -0.3 is 10.5 Å². The second kappa shape index (κ2) is 3.90. The van der Waals surface area contributed by atoms with Crippen molar-refractivity contribution in [3.8, 4) is 0 Å². The van der Waals surface area contributed by atoms with Crippen LogP contribution >= 0.6 is 0 Å². The minimum absolute atomic E-state index is 0.100. The van der Waals surface area contributed by atoms with Crippen molar-refractivity contribution >= 4 is 23.3 Å². The maximum atomic E-state index is 11.5. The Kier molecular flexibility index (Phi) is 2.57. The molecule has 0 radical (unpaired) electrons. The number of hydrogen-bond donors (Lipinski definition) is 1. The Labute approximate surface area is 92.0 Å². The number of carbonyl (C=O) groups excluding carboxylic acids is 2. The van der Waals surface area contributed by atoms with Crippen molar-refractivity contribution in [2.24, 2.45) is 0 Å². The molecule has 1 fully saturated rings. The molecular weight excluding hydrogens is 210 g/mol. The fourth-order valence-corrected chi connectivity index (χ4v) is 1.42. The lowest BCUT2D eigenvalue weighted by molar-refractivity contribution is -0.138. The summed E-state index contributed by atoms with van der Waals surface area (Å²) in [6.45, 7) is 1.59. The number of aromatic nitrogens is 1. The number of anilines is 2. The summed E-state index contributed by atoms with van der Waals surface area (Å²) in [6.07, 6.45) is 1.43. The first kappa shape index (κ1) is 10.6. The number of imide groups is 1. The first-order valence-electron chi connectivity index (χ1n) is 4.75. The van der Waals surface area contributed by atoms with Gasteiger partial charge in [0, 0.05) is 0 Å². The summed E-state index contributed by atoms with van der Waals surface area (Å²) < 4.78 is 4.81. The highest BCUT2D eigenvalue weighted by molar-refractivity contribution is 6.16. The van der Waals surface area contributed by atoms with Crippen molar-refractivity contribution in [1.82, 2.24) is 4.98 Å². The van der Waals surface area contributed by atoms with Crippen molar-refractivity contribution in [3.05, 3.63) is 17.8 Å². The maximum Gasteiger partial charge on any atom is 0.261 e. The third kappa shape index (κ3) is 1.74. The monoisotopic (exact) mass is 221 g/mol. The summed E-state index contributed by atoms with van der Waals surface area (Å²) >= 11 is 0. The van der Waals surface area contributed by atoms with E-state index in [-0.39, 0.29) is 13.2 Å². The van der Waals surface area contributed by atoms with Crippen LogP contribution < -0.4 is 10.6 Å². The van der Waals surface area contributed by atoms with Crippen LogP contribution in [0, 0.1) is 6.92 Å². The summed E-state index contributed by atoms with van der Waals surface area (Å²) in [5, 5.41) is 0. The van der Waals surface area contributed by atoms with Gasteiger partial charge in [0.1, 0.15) is 19.0 Å². The smallest absolute Gasteiger partial charge is 0.261 e. The fourth-order valence-electron chi connectivity index (χ4n) is 1.42. The highest BCUT2D eigenvalue weighted by Gasteiger charge is 2.29. The van der Waals surface area contributed by atoms with Crippen LogP contribution in [0.25, 0.3) is 0 Å². The molecule has 0 aromatic carbocycles. The number of morpholine rings is 1. The molecular formula is C10H11N3O3. The molecule has 1 aliphatic heterocycles. The van der Waals surface area contributed by atoms with Gasteiger partial charge in [-0.1, -0.05) is 0 Å². The molecule has 0 atom stereocenters. The predicted molar refractivity (Wildman–Crippen MR) is 56.7 cm³/mol. The molecule has 6 nitrogen and oxygen atoms in total. The minimum Gasteiger partial charge on any atom is -0.397 e. The van der Waals surface area contributed by atoms with E-state index in [1.807, 2.05) is 0 Å². The van der Waals surface area contributed by atoms with Crippen LogP contribution in [0.5, 0.6) is 0 Å². The lowest BCUT2D eigenvalue weighted by Gasteiger charge is -2.24. The van der Waals surface area contributed by atoms with E-state index in [1.165, 1.54) is 6.20 Å². The van der Waals surface area contributed by atoms with E-state index in [4.69, 9.17) is 10.5 Å². The van der Waals surface area contributed by atoms with Gasteiger partial charge in [-0.3, -0.25) is 9.59 Å². The number of aryl methyl sites for hydroxylation is 1. The second-order valence-corrected chi connectivity index (χ2v) is 3.51. The molecule has 2 amide bonds. The van der Waals surface area contributed by atoms with E-state index in [1.54, 1.807) is 13.0 Å². The summed E-state index contributed by atoms with van der Waals surface area (Å²) in [5.41, 5.74) is 6.91. The number of nitrogen functional groups attached to an aromatic ring is 1. The molecule has 0 aliphatic carbocycles. The molecule has 1 aromatic heterocycles. The molecule has 2 N–H and O–H groups in total. The van der Waals surface area contributed by atoms with E-state index >= 15 is 0 Å². The summed E-state index contributed by atoms with van der Waals surface area (Å²) in [4.78, 5) is 28.0. The van der Waals surface area contributed by atoms with Crippen LogP contribution in [0.4, 0.5) is 11.5 Å². The third-order valence-electron chi connectivity index (χ3n) is 2.32. The molecule has 6 heteroatoms. The highest BCUT2D eigenvalue weighted by atomic mass is 16.5. The number of pyridine rings is 1. The molecule has 0 saturated carbocycles. The van der Waals surface area contributed by atoms with Crippen LogP contribution in [0.1, 0.15) is 5.56 Å². The Morgan fingerprint density at radius 1 is 1.38 bits per heavy atom. The summed E-state index contributed by atoms with van der Waals surface area (Å²) in [5.74, 6) is -0.522. The van der Waals surface area contributed by atoms with Crippen molar-refractivity contribution in [1.29, 1.82) is 0 Å². The minimum atomic E-state index is -0.409. The number of nitrogens with zero attached hydrogens (tertiary/aromatic N) is 2. The Morgan fingerprint density at radius 3 is 2.56 bits per heavy atom. The van der Waals surface area contributed by atoms with Crippen LogP contribution in [-0.2, 0) is 14.3 Å². The zero-order valence-electron chi connectivity index (χ0n) is 8.77. The lowest BCUT2D eigenvalue weighted by atomic mass is 10.2. The molecule has 2 heterocycles. The Hall–Kier alpha value is -1.95. The van der Waals surface area contributed by atoms with E-state index in [0.717, 1.165) is 10.5 Å². The molecule has 0 bridgehead atoms. The largest absolute Gasteiger partial charge is 0.397 e. The normalized spacial score (nSPS) is 16.7. The van der Waals surface area contributed by atoms with Crippen molar-refractivity contribution in [2.45, 2.75) is 6.92 Å². The number of amides is 2. The predicted octanol–water partition coefficient (Wildman–Crippen LogP) is -0.138. The van der Waals surface area contributed by atoms with Gasteiger partial charge in [-0.15, -0.1) is 0 Å². The van der Waals surface area contributed by atoms with Gasteiger partial charge in [0.25, 0.3) is 11.8 Å². The van der Waals surface area contributed by atoms with Gasteiger partial charge >= 0.3 is 0 Å². The first-order chi connectivity index (χ1) is 7.59. The first-order valence-corrected chi connectivity index (χ1v) is 4.75. The van der Waals surface area contributed by atoms with Crippen LogP contribution in [0.3, 0.4) is 0 Å². The van der Waals surface area contributed by atoms with Gasteiger partial charge in [-0.05, 0) is 18.6 Å². The van der Waals surface area contributed by atoms with Gasteiger partial charge in [-0.2, -0.15) is 0 Å². The molecule has 16 heavy (non-hydrogen) atoms. The average Bonchev–Trinajstić information content (AvgIpc) is 2.23. The standard InChI is InChI=1S/C10H11N3O3/c1-6-2-8(12-3-7(6)11)13-9(14)4-16-5-10(13)15/h2-3H,4-5,11H2,1H3. The molecule has 0 unspecified atom stereocenters. The van der Waals surface area contributed by atoms with E-state index in [2.05, 4.69) is 4.98 Å². The topological polar surface area (TPSA) is 85.5 Å². The molecule has 0 spiro atoms. The molecule has 2 rings (SSSR count). The number of carbonyl (C=O) groups is 2. The van der Waals surface area contributed by atoms with Gasteiger partial charge in [-0.25, -0.2) is 9.88 Å². The Balaban J connectivity index is 2.38. The highest BCUT2D eigenvalue weighted by Crippen LogP contribution is 2.19. The quantitative estimate of drug-likeness (QED) is 0.667. The van der Waals surface area contributed by atoms with E-state index in [9.17, 15) is 9.59 Å². The lowest BCUT2D eigenvalue weighted by Crippen LogP contribution is -2.46. The molecule has 1 aromatic rings. The van der Waals surface area contributed by atoms with Crippen molar-refractivity contribution in [3.63, 3.8) is 0 Å². The Bertz CT molecular complexity index is 443. The summed E-state index contributed by atoms with van der Waals surface area (Å²) in [7, 11) is 0. The molecule has 84 valence electrons. The van der Waals surface area contributed by atoms with E-state index < -0.39 is 11.8 Å². The van der Waals surface area contributed by atoms with Crippen LogP contribution in [0.15, 0.2) is 12.3 Å². The van der Waals surface area contributed by atoms with E-state index in [0.29, 0.717) is 11.5 Å². The Morgan fingerprint density at radius 2 is 2.00 bits per heavy atom. The number of rotatable bonds is 1. The SMILES string of the molecule is Cc1cc(N2C(=O)COCC2=O)ncc1N. The third-order valence-corrected chi connectivity index (χ3v) is 2.32. The van der Waals surface area contributed by atoms with Crippen LogP contribution in [-0.4, -0.2) is 30.0 Å². The van der Waals surface area contributed by atoms with Gasteiger partial charge in [0.2, 0.25) is 0 Å². The zero-order valence-corrected chi connectivity index (χ0v) is 8.77. The number of nitrogens with two attached hydrogens (primary N) is 1. The number of hydrogen-bond acceptors (Lipinski definition) is 5. The molecule has 1 saturated heterocycles. The van der Waals surface area contributed by atoms with Gasteiger partial charge in [0.15, 0.2) is 0 Å².